The van der Waals surface area contributed by atoms with Gasteiger partial charge in [0.25, 0.3) is 0 Å². The van der Waals surface area contributed by atoms with Gasteiger partial charge in [0, 0.05) is 26.2 Å². The Morgan fingerprint density at radius 2 is 2.12 bits per heavy atom. The van der Waals surface area contributed by atoms with E-state index in [1.807, 2.05) is 12.3 Å². The summed E-state index contributed by atoms with van der Waals surface area (Å²) < 4.78 is 5.59. The van der Waals surface area contributed by atoms with Crippen LogP contribution < -0.4 is 15.5 Å². The highest BCUT2D eigenvalue weighted by Crippen LogP contribution is 2.25. The van der Waals surface area contributed by atoms with Gasteiger partial charge in [-0.05, 0) is 55.4 Å². The summed E-state index contributed by atoms with van der Waals surface area (Å²) >= 11 is 5.34. The molecule has 1 aromatic heterocycles. The molecule has 3 rings (SSSR count). The van der Waals surface area contributed by atoms with Crippen LogP contribution >= 0.6 is 12.2 Å². The highest BCUT2D eigenvalue weighted by molar-refractivity contribution is 7.80. The average Bonchev–Trinajstić information content (AvgIpc) is 3.06. The van der Waals surface area contributed by atoms with E-state index in [2.05, 4.69) is 40.4 Å². The second-order valence-corrected chi connectivity index (χ2v) is 7.63. The topological polar surface area (TPSA) is 49.4 Å². The number of hydrogen-bond donors (Lipinski definition) is 2. The van der Waals surface area contributed by atoms with E-state index >= 15 is 0 Å². The van der Waals surface area contributed by atoms with Gasteiger partial charge >= 0.3 is 0 Å². The molecule has 6 heteroatoms. The van der Waals surface area contributed by atoms with E-state index in [9.17, 15) is 0 Å². The van der Waals surface area contributed by atoms with Crippen molar-refractivity contribution in [3.63, 3.8) is 0 Å². The molecule has 1 aromatic rings. The number of thiocarbonyl (C=S) groups is 1. The van der Waals surface area contributed by atoms with Crippen LogP contribution in [-0.2, 0) is 4.74 Å². The molecule has 0 radical (unpaired) electrons. The fraction of sp³-hybridized carbons (Fsp3) is 0.667. The van der Waals surface area contributed by atoms with Crippen LogP contribution in [0.4, 0.5) is 11.5 Å². The molecule has 0 aromatic carbocycles. The Morgan fingerprint density at radius 3 is 2.75 bits per heavy atom. The zero-order valence-electron chi connectivity index (χ0n) is 14.6. The smallest absolute Gasteiger partial charge is 0.170 e. The number of pyridine rings is 1. The van der Waals surface area contributed by atoms with Crippen molar-refractivity contribution in [1.82, 2.24) is 10.3 Å². The highest BCUT2D eigenvalue weighted by Gasteiger charge is 2.22. The van der Waals surface area contributed by atoms with E-state index in [0.29, 0.717) is 5.11 Å². The van der Waals surface area contributed by atoms with Crippen molar-refractivity contribution in [3.05, 3.63) is 18.3 Å². The van der Waals surface area contributed by atoms with Crippen molar-refractivity contribution in [2.45, 2.75) is 39.2 Å². The second kappa shape index (κ2) is 8.12. The molecule has 2 aliphatic heterocycles. The number of nitrogens with zero attached hydrogens (tertiary/aromatic N) is 2. The summed E-state index contributed by atoms with van der Waals surface area (Å²) in [7, 11) is 0. The Balaban J connectivity index is 1.49. The molecule has 24 heavy (non-hydrogen) atoms. The van der Waals surface area contributed by atoms with E-state index in [1.165, 1.54) is 6.42 Å². The second-order valence-electron chi connectivity index (χ2n) is 7.23. The van der Waals surface area contributed by atoms with Crippen molar-refractivity contribution in [3.8, 4) is 0 Å². The van der Waals surface area contributed by atoms with Gasteiger partial charge in [-0.1, -0.05) is 13.8 Å². The summed E-state index contributed by atoms with van der Waals surface area (Å²) in [5.41, 5.74) is 0.918. The predicted octanol–water partition coefficient (Wildman–Crippen LogP) is 3.03. The van der Waals surface area contributed by atoms with Crippen molar-refractivity contribution in [2.24, 2.45) is 11.8 Å². The normalized spacial score (nSPS) is 27.1. The van der Waals surface area contributed by atoms with E-state index in [-0.39, 0.29) is 6.10 Å². The van der Waals surface area contributed by atoms with Gasteiger partial charge < -0.3 is 20.3 Å². The quantitative estimate of drug-likeness (QED) is 0.816. The SMILES string of the molecule is C[C@@H]1C[C@@H](C)CN(c2ccc(NC(=S)NC[C@@H]3CCCO3)cn2)C1. The third-order valence-corrected chi connectivity index (χ3v) is 4.96. The van der Waals surface area contributed by atoms with Crippen molar-refractivity contribution >= 4 is 28.8 Å². The molecule has 3 atom stereocenters. The Bertz CT molecular complexity index is 534. The lowest BCUT2D eigenvalue weighted by atomic mass is 9.92. The number of ether oxygens (including phenoxy) is 1. The van der Waals surface area contributed by atoms with E-state index < -0.39 is 0 Å². The number of aromatic nitrogens is 1. The first-order valence-electron chi connectivity index (χ1n) is 8.97. The summed E-state index contributed by atoms with van der Waals surface area (Å²) in [4.78, 5) is 7.00. The maximum atomic E-state index is 5.59. The van der Waals surface area contributed by atoms with Crippen LogP contribution in [0.3, 0.4) is 0 Å². The van der Waals surface area contributed by atoms with Crippen LogP contribution in [0.25, 0.3) is 0 Å². The van der Waals surface area contributed by atoms with Crippen molar-refractivity contribution in [1.29, 1.82) is 0 Å². The minimum absolute atomic E-state index is 0.285. The number of rotatable bonds is 4. The molecular formula is C18H28N4OS. The van der Waals surface area contributed by atoms with Gasteiger partial charge in [-0.15, -0.1) is 0 Å². The van der Waals surface area contributed by atoms with Crippen LogP contribution in [0.1, 0.15) is 33.1 Å². The fourth-order valence-electron chi connectivity index (χ4n) is 3.68. The average molecular weight is 349 g/mol. The van der Waals surface area contributed by atoms with Gasteiger partial charge in [-0.2, -0.15) is 0 Å². The van der Waals surface area contributed by atoms with Gasteiger partial charge in [-0.25, -0.2) is 4.98 Å². The van der Waals surface area contributed by atoms with Crippen molar-refractivity contribution < 1.29 is 4.74 Å². The summed E-state index contributed by atoms with van der Waals surface area (Å²) in [5.74, 6) is 2.50. The van der Waals surface area contributed by atoms with Gasteiger partial charge in [0.05, 0.1) is 18.0 Å². The summed E-state index contributed by atoms with van der Waals surface area (Å²) in [6.45, 7) is 8.44. The van der Waals surface area contributed by atoms with Crippen molar-refractivity contribution in [2.75, 3.05) is 36.5 Å². The summed E-state index contributed by atoms with van der Waals surface area (Å²) in [5, 5.41) is 7.04. The Labute approximate surface area is 150 Å². The van der Waals surface area contributed by atoms with Crippen LogP contribution in [-0.4, -0.2) is 42.4 Å². The fourth-order valence-corrected chi connectivity index (χ4v) is 3.89. The number of piperidine rings is 1. The van der Waals surface area contributed by atoms with Crippen LogP contribution in [0.5, 0.6) is 0 Å². The zero-order valence-corrected chi connectivity index (χ0v) is 15.4. The number of hydrogen-bond acceptors (Lipinski definition) is 4. The molecule has 3 heterocycles. The van der Waals surface area contributed by atoms with Crippen LogP contribution in [0.15, 0.2) is 18.3 Å². The lowest BCUT2D eigenvalue weighted by molar-refractivity contribution is 0.114. The molecule has 0 unspecified atom stereocenters. The van der Waals surface area contributed by atoms with Gasteiger partial charge in [0.2, 0.25) is 0 Å². The Morgan fingerprint density at radius 1 is 1.33 bits per heavy atom. The largest absolute Gasteiger partial charge is 0.376 e. The van der Waals surface area contributed by atoms with Crippen LogP contribution in [0.2, 0.25) is 0 Å². The highest BCUT2D eigenvalue weighted by atomic mass is 32.1. The summed E-state index contributed by atoms with van der Waals surface area (Å²) in [6.07, 6.45) is 5.71. The summed E-state index contributed by atoms with van der Waals surface area (Å²) in [6, 6.07) is 4.13. The molecule has 0 bridgehead atoms. The molecule has 2 aliphatic rings. The van der Waals surface area contributed by atoms with E-state index in [1.54, 1.807) is 0 Å². The maximum Gasteiger partial charge on any atom is 0.170 e. The molecule has 5 nitrogen and oxygen atoms in total. The molecule has 2 fully saturated rings. The molecular weight excluding hydrogens is 320 g/mol. The lowest BCUT2D eigenvalue weighted by Crippen LogP contribution is -2.39. The Hall–Kier alpha value is -1.40. The van der Waals surface area contributed by atoms with Gasteiger partial charge in [-0.3, -0.25) is 0 Å². The maximum absolute atomic E-state index is 5.59. The zero-order chi connectivity index (χ0) is 16.9. The first-order valence-corrected chi connectivity index (χ1v) is 9.38. The van der Waals surface area contributed by atoms with Gasteiger partial charge in [0.15, 0.2) is 5.11 Å². The molecule has 0 amide bonds. The number of nitrogens with one attached hydrogen (secondary N) is 2. The Kier molecular flexibility index (Phi) is 5.89. The first kappa shape index (κ1) is 17.4. The third-order valence-electron chi connectivity index (χ3n) is 4.71. The van der Waals surface area contributed by atoms with Gasteiger partial charge in [0.1, 0.15) is 5.82 Å². The third kappa shape index (κ3) is 4.80. The molecule has 0 spiro atoms. The van der Waals surface area contributed by atoms with E-state index in [0.717, 1.165) is 62.4 Å². The lowest BCUT2D eigenvalue weighted by Gasteiger charge is -2.35. The molecule has 0 aliphatic carbocycles. The standard InChI is InChI=1S/C18H28N4OS/c1-13-8-14(2)12-22(11-13)17-6-5-15(9-19-17)21-18(24)20-10-16-4-3-7-23-16/h5-6,9,13-14,16H,3-4,7-8,10-12H2,1-2H3,(H2,20,21,24)/t13-,14-,16+/m1/s1. The molecule has 0 saturated carbocycles. The molecule has 2 N–H and O–H groups in total. The first-order chi connectivity index (χ1) is 11.6. The monoisotopic (exact) mass is 348 g/mol. The van der Waals surface area contributed by atoms with E-state index in [4.69, 9.17) is 17.0 Å². The predicted molar refractivity (Wildman–Crippen MR) is 103 cm³/mol. The number of anilines is 2. The molecule has 2 saturated heterocycles. The van der Waals surface area contributed by atoms with Crippen LogP contribution in [0, 0.1) is 11.8 Å². The molecule has 132 valence electrons. The minimum atomic E-state index is 0.285. The minimum Gasteiger partial charge on any atom is -0.376 e.